The summed E-state index contributed by atoms with van der Waals surface area (Å²) >= 11 is 0. The van der Waals surface area contributed by atoms with Gasteiger partial charge in [-0.05, 0) is 12.0 Å². The van der Waals surface area contributed by atoms with Crippen LogP contribution in [0.3, 0.4) is 0 Å². The average Bonchev–Trinajstić information content (AvgIpc) is 2.50. The molecule has 2 atom stereocenters. The molecule has 5 nitrogen and oxygen atoms in total. The number of amidine groups is 1. The molecule has 1 aromatic carbocycles. The first-order valence-corrected chi connectivity index (χ1v) is 8.26. The molecule has 0 bridgehead atoms. The van der Waals surface area contributed by atoms with E-state index in [9.17, 15) is 9.59 Å². The molecule has 0 saturated carbocycles. The highest BCUT2D eigenvalue weighted by Gasteiger charge is 2.48. The molecular formula is C19H27N3O2. The molecule has 0 radical (unpaired) electrons. The van der Waals surface area contributed by atoms with Crippen LogP contribution < -0.4 is 5.32 Å². The fourth-order valence-corrected chi connectivity index (χ4v) is 3.01. The van der Waals surface area contributed by atoms with Gasteiger partial charge in [0.25, 0.3) is 5.91 Å². The van der Waals surface area contributed by atoms with Crippen LogP contribution in [0.1, 0.15) is 39.7 Å². The van der Waals surface area contributed by atoms with E-state index in [-0.39, 0.29) is 17.7 Å². The van der Waals surface area contributed by atoms with Gasteiger partial charge in [0.2, 0.25) is 5.91 Å². The van der Waals surface area contributed by atoms with Gasteiger partial charge in [0.05, 0.1) is 0 Å². The Balaban J connectivity index is 2.54. The number of carbonyl (C=O) groups excluding carboxylic acids is 2. The molecular weight excluding hydrogens is 302 g/mol. The maximum absolute atomic E-state index is 13.0. The lowest BCUT2D eigenvalue weighted by molar-refractivity contribution is -0.137. The predicted octanol–water partition coefficient (Wildman–Crippen LogP) is 2.57. The van der Waals surface area contributed by atoms with E-state index in [4.69, 9.17) is 0 Å². The minimum atomic E-state index is -1.11. The van der Waals surface area contributed by atoms with Crippen molar-refractivity contribution < 1.29 is 9.59 Å². The van der Waals surface area contributed by atoms with Crippen molar-refractivity contribution in [3.63, 3.8) is 0 Å². The molecule has 1 aliphatic rings. The first-order valence-electron chi connectivity index (χ1n) is 8.26. The van der Waals surface area contributed by atoms with Crippen LogP contribution in [0.25, 0.3) is 0 Å². The van der Waals surface area contributed by atoms with E-state index in [1.807, 2.05) is 77.0 Å². The molecule has 1 aliphatic heterocycles. The highest BCUT2D eigenvalue weighted by Crippen LogP contribution is 2.36. The Labute approximate surface area is 144 Å². The van der Waals surface area contributed by atoms with E-state index < -0.39 is 11.0 Å². The van der Waals surface area contributed by atoms with Crippen LogP contribution in [0.15, 0.2) is 35.3 Å². The van der Waals surface area contributed by atoms with E-state index >= 15 is 0 Å². The van der Waals surface area contributed by atoms with Crippen molar-refractivity contribution in [2.45, 2.75) is 39.7 Å². The van der Waals surface area contributed by atoms with Crippen molar-refractivity contribution in [1.82, 2.24) is 10.2 Å². The fourth-order valence-electron chi connectivity index (χ4n) is 3.01. The number of hydrogen-bond acceptors (Lipinski definition) is 3. The first kappa shape index (κ1) is 18.2. The van der Waals surface area contributed by atoms with E-state index in [1.165, 1.54) is 0 Å². The van der Waals surface area contributed by atoms with Gasteiger partial charge < -0.3 is 10.2 Å². The van der Waals surface area contributed by atoms with Crippen LogP contribution in [0.2, 0.25) is 0 Å². The molecule has 0 aliphatic carbocycles. The van der Waals surface area contributed by atoms with E-state index in [2.05, 4.69) is 10.3 Å². The number of hydrogen-bond donors (Lipinski definition) is 1. The van der Waals surface area contributed by atoms with Gasteiger partial charge in [0.15, 0.2) is 0 Å². The van der Waals surface area contributed by atoms with Crippen molar-refractivity contribution in [2.24, 2.45) is 16.3 Å². The lowest BCUT2D eigenvalue weighted by Crippen LogP contribution is -2.58. The van der Waals surface area contributed by atoms with Gasteiger partial charge in [0.1, 0.15) is 11.4 Å². The van der Waals surface area contributed by atoms with Crippen molar-refractivity contribution in [1.29, 1.82) is 0 Å². The Kier molecular flexibility index (Phi) is 4.83. The lowest BCUT2D eigenvalue weighted by atomic mass is 9.77. The molecule has 0 aromatic heterocycles. The van der Waals surface area contributed by atoms with Crippen LogP contribution in [0.5, 0.6) is 0 Å². The van der Waals surface area contributed by atoms with Gasteiger partial charge in [-0.1, -0.05) is 58.0 Å². The average molecular weight is 329 g/mol. The summed E-state index contributed by atoms with van der Waals surface area (Å²) < 4.78 is 0. The van der Waals surface area contributed by atoms with Gasteiger partial charge in [-0.3, -0.25) is 9.59 Å². The van der Waals surface area contributed by atoms with Crippen LogP contribution in [-0.4, -0.2) is 36.6 Å². The number of carbonyl (C=O) groups is 2. The Morgan fingerprint density at radius 1 is 1.25 bits per heavy atom. The number of nitrogens with zero attached hydrogens (tertiary/aromatic N) is 2. The van der Waals surface area contributed by atoms with Crippen molar-refractivity contribution in [3.8, 4) is 0 Å². The second-order valence-electron chi connectivity index (χ2n) is 7.75. The van der Waals surface area contributed by atoms with Crippen molar-refractivity contribution in [2.75, 3.05) is 14.1 Å². The van der Waals surface area contributed by atoms with Gasteiger partial charge >= 0.3 is 0 Å². The summed E-state index contributed by atoms with van der Waals surface area (Å²) in [6.07, 6.45) is 0.495. The Morgan fingerprint density at radius 3 is 2.33 bits per heavy atom. The molecule has 0 unspecified atom stereocenters. The molecule has 1 N–H and O–H groups in total. The number of amides is 2. The van der Waals surface area contributed by atoms with E-state index in [0.29, 0.717) is 6.42 Å². The first-order chi connectivity index (χ1) is 11.1. The minimum absolute atomic E-state index is 0.0539. The summed E-state index contributed by atoms with van der Waals surface area (Å²) in [5.74, 6) is 0.332. The monoisotopic (exact) mass is 329 g/mol. The normalized spacial score (nSPS) is 24.3. The number of rotatable bonds is 2. The molecule has 0 saturated heterocycles. The molecule has 1 heterocycles. The van der Waals surface area contributed by atoms with Crippen LogP contribution in [0.4, 0.5) is 0 Å². The summed E-state index contributed by atoms with van der Waals surface area (Å²) in [7, 11) is 3.76. The Morgan fingerprint density at radius 2 is 1.83 bits per heavy atom. The minimum Gasteiger partial charge on any atom is -0.366 e. The molecule has 2 amide bonds. The summed E-state index contributed by atoms with van der Waals surface area (Å²) in [6.45, 7) is 7.55. The number of aliphatic imine (C=N–C) groups is 1. The van der Waals surface area contributed by atoms with Gasteiger partial charge in [-0.15, -0.1) is 0 Å². The summed E-state index contributed by atoms with van der Waals surface area (Å²) in [6, 6.07) is 9.41. The smallest absolute Gasteiger partial charge is 0.277 e. The molecule has 5 heteroatoms. The molecule has 0 spiro atoms. The van der Waals surface area contributed by atoms with Gasteiger partial charge in [0, 0.05) is 25.4 Å². The van der Waals surface area contributed by atoms with Gasteiger partial charge in [-0.25, -0.2) is 0 Å². The van der Waals surface area contributed by atoms with E-state index in [0.717, 1.165) is 11.4 Å². The van der Waals surface area contributed by atoms with E-state index in [1.54, 1.807) is 0 Å². The predicted molar refractivity (Wildman–Crippen MR) is 95.6 cm³/mol. The summed E-state index contributed by atoms with van der Waals surface area (Å²) in [5, 5.41) is 3.01. The fraction of sp³-hybridized carbons (Fsp3) is 0.526. The maximum Gasteiger partial charge on any atom is 0.277 e. The molecule has 130 valence electrons. The highest BCUT2D eigenvalue weighted by molar-refractivity contribution is 6.04. The molecule has 2 rings (SSSR count). The van der Waals surface area contributed by atoms with Gasteiger partial charge in [-0.2, -0.15) is 4.99 Å². The van der Waals surface area contributed by atoms with Crippen molar-refractivity contribution in [3.05, 3.63) is 35.9 Å². The third-order valence-electron chi connectivity index (χ3n) is 4.37. The quantitative estimate of drug-likeness (QED) is 0.907. The second kappa shape index (κ2) is 6.38. The lowest BCUT2D eigenvalue weighted by Gasteiger charge is -2.40. The second-order valence-corrected chi connectivity index (χ2v) is 7.75. The number of nitrogens with one attached hydrogen (secondary N) is 1. The number of benzene rings is 1. The van der Waals surface area contributed by atoms with Crippen LogP contribution in [-0.2, 0) is 15.1 Å². The maximum atomic E-state index is 13.0. The van der Waals surface area contributed by atoms with Crippen LogP contribution >= 0.6 is 0 Å². The standard InChI is InChI=1S/C19H27N3O2/c1-13-12-19(14-10-8-7-9-11-14,21-16(23)18(2,3)4)17(24)20-15(13)22(5)6/h7-11,13H,12H2,1-6H3,(H,21,23)/t13-,19-/m1/s1. The third kappa shape index (κ3) is 3.35. The van der Waals surface area contributed by atoms with Crippen LogP contribution in [0, 0.1) is 11.3 Å². The van der Waals surface area contributed by atoms with Crippen molar-refractivity contribution >= 4 is 17.6 Å². The Bertz CT molecular complexity index is 659. The summed E-state index contributed by atoms with van der Waals surface area (Å²) in [4.78, 5) is 31.8. The Hall–Kier alpha value is -2.17. The SMILES string of the molecule is C[C@@H]1C[C@@](NC(=O)C(C)(C)C)(c2ccccc2)C(=O)N=C1N(C)C. The topological polar surface area (TPSA) is 61.8 Å². The zero-order valence-corrected chi connectivity index (χ0v) is 15.4. The largest absolute Gasteiger partial charge is 0.366 e. The molecule has 1 aromatic rings. The zero-order chi connectivity index (χ0) is 18.1. The summed E-state index contributed by atoms with van der Waals surface area (Å²) in [5.41, 5.74) is -0.914. The third-order valence-corrected chi connectivity index (χ3v) is 4.37. The molecule has 24 heavy (non-hydrogen) atoms. The zero-order valence-electron chi connectivity index (χ0n) is 15.4. The highest BCUT2D eigenvalue weighted by atomic mass is 16.2. The molecule has 0 fully saturated rings.